The number of ether oxygens (including phenoxy) is 1. The molecule has 2 aromatic rings. The highest BCUT2D eigenvalue weighted by molar-refractivity contribution is 5.72. The Hall–Kier alpha value is -2.83. The van der Waals surface area contributed by atoms with Gasteiger partial charge < -0.3 is 19.6 Å². The molecule has 0 aliphatic carbocycles. The van der Waals surface area contributed by atoms with Crippen LogP contribution in [0.4, 0.5) is 11.5 Å². The van der Waals surface area contributed by atoms with Gasteiger partial charge in [0.2, 0.25) is 0 Å². The Balaban J connectivity index is 1.72. The van der Waals surface area contributed by atoms with Crippen LogP contribution >= 0.6 is 0 Å². The summed E-state index contributed by atoms with van der Waals surface area (Å²) in [6.07, 6.45) is 2.99. The number of piperazine rings is 1. The van der Waals surface area contributed by atoms with Gasteiger partial charge in [-0.2, -0.15) is 0 Å². The molecule has 1 fully saturated rings. The van der Waals surface area contributed by atoms with Crippen molar-refractivity contribution in [3.05, 3.63) is 42.4 Å². The number of aliphatic carboxylic acids is 1. The minimum Gasteiger partial charge on any atom is -0.492 e. The largest absolute Gasteiger partial charge is 0.492 e. The van der Waals surface area contributed by atoms with Crippen LogP contribution in [0.2, 0.25) is 0 Å². The molecule has 1 aromatic carbocycles. The molecule has 0 saturated carbocycles. The zero-order chi connectivity index (χ0) is 17.6. The molecule has 0 bridgehead atoms. The number of hydrogen-bond donors (Lipinski definition) is 1. The number of rotatable bonds is 6. The first-order valence-electron chi connectivity index (χ1n) is 8.41. The molecular formula is C18H22N4O3. The van der Waals surface area contributed by atoms with Gasteiger partial charge >= 0.3 is 5.97 Å². The summed E-state index contributed by atoms with van der Waals surface area (Å²) >= 11 is 0. The number of carbonyl (C=O) groups is 1. The lowest BCUT2D eigenvalue weighted by Gasteiger charge is -2.37. The lowest BCUT2D eigenvalue weighted by atomic mass is 10.2. The van der Waals surface area contributed by atoms with Crippen LogP contribution in [-0.2, 0) is 11.2 Å². The number of carboxylic acids is 1. The second-order valence-corrected chi connectivity index (χ2v) is 5.82. The zero-order valence-electron chi connectivity index (χ0n) is 14.3. The molecule has 25 heavy (non-hydrogen) atoms. The molecule has 0 unspecified atom stereocenters. The van der Waals surface area contributed by atoms with Crippen molar-refractivity contribution in [2.45, 2.75) is 13.3 Å². The number of hydrogen-bond acceptors (Lipinski definition) is 6. The third-order valence-corrected chi connectivity index (χ3v) is 4.19. The maximum atomic E-state index is 11.0. The van der Waals surface area contributed by atoms with E-state index in [4.69, 9.17) is 9.84 Å². The zero-order valence-corrected chi connectivity index (χ0v) is 14.3. The topological polar surface area (TPSA) is 78.8 Å². The van der Waals surface area contributed by atoms with Crippen LogP contribution in [0.1, 0.15) is 12.5 Å². The van der Waals surface area contributed by atoms with E-state index in [1.54, 1.807) is 6.20 Å². The van der Waals surface area contributed by atoms with Crippen LogP contribution in [0.15, 0.2) is 36.8 Å². The normalized spacial score (nSPS) is 14.4. The molecule has 1 saturated heterocycles. The Bertz CT molecular complexity index is 730. The molecule has 7 heteroatoms. The van der Waals surface area contributed by atoms with Gasteiger partial charge in [-0.1, -0.05) is 12.1 Å². The Kier molecular flexibility index (Phi) is 5.33. The predicted octanol–water partition coefficient (Wildman–Crippen LogP) is 1.83. The van der Waals surface area contributed by atoms with Crippen LogP contribution in [0.25, 0.3) is 0 Å². The van der Waals surface area contributed by atoms with Crippen molar-refractivity contribution in [1.82, 2.24) is 9.97 Å². The highest BCUT2D eigenvalue weighted by Crippen LogP contribution is 2.29. The first kappa shape index (κ1) is 17.0. The van der Waals surface area contributed by atoms with Crippen LogP contribution in [-0.4, -0.2) is 53.8 Å². The minimum atomic E-state index is -0.875. The molecule has 0 atom stereocenters. The molecular weight excluding hydrogens is 320 g/mol. The van der Waals surface area contributed by atoms with Crippen molar-refractivity contribution in [2.24, 2.45) is 0 Å². The summed E-state index contributed by atoms with van der Waals surface area (Å²) in [4.78, 5) is 23.7. The van der Waals surface area contributed by atoms with E-state index in [0.29, 0.717) is 12.2 Å². The average Bonchev–Trinajstić information content (AvgIpc) is 2.63. The quantitative estimate of drug-likeness (QED) is 0.858. The van der Waals surface area contributed by atoms with Crippen molar-refractivity contribution < 1.29 is 14.6 Å². The highest BCUT2D eigenvalue weighted by atomic mass is 16.5. The Labute approximate surface area is 146 Å². The predicted molar refractivity (Wildman–Crippen MR) is 95.4 cm³/mol. The standard InChI is InChI=1S/C18H22N4O3/c1-2-25-16-6-4-3-5-15(16)21-7-9-22(10-8-21)18-14(11-17(23)24)12-19-13-20-18/h3-6,12-13H,2,7-11H2,1H3,(H,23,24). The van der Waals surface area contributed by atoms with Crippen molar-refractivity contribution in [2.75, 3.05) is 42.6 Å². The third-order valence-electron chi connectivity index (χ3n) is 4.19. The van der Waals surface area contributed by atoms with Gasteiger partial charge in [0.05, 0.1) is 18.7 Å². The van der Waals surface area contributed by atoms with E-state index < -0.39 is 5.97 Å². The maximum absolute atomic E-state index is 11.0. The van der Waals surface area contributed by atoms with Crippen LogP contribution in [0.3, 0.4) is 0 Å². The maximum Gasteiger partial charge on any atom is 0.308 e. The third kappa shape index (κ3) is 3.99. The summed E-state index contributed by atoms with van der Waals surface area (Å²) in [5.41, 5.74) is 1.75. The number of nitrogens with zero attached hydrogens (tertiary/aromatic N) is 4. The van der Waals surface area contributed by atoms with Gasteiger partial charge in [0.1, 0.15) is 17.9 Å². The summed E-state index contributed by atoms with van der Waals surface area (Å²) in [7, 11) is 0. The Morgan fingerprint density at radius 2 is 1.92 bits per heavy atom. The van der Waals surface area contributed by atoms with Crippen LogP contribution in [0, 0.1) is 0 Å². The molecule has 1 N–H and O–H groups in total. The molecule has 2 heterocycles. The first-order valence-corrected chi connectivity index (χ1v) is 8.41. The summed E-state index contributed by atoms with van der Waals surface area (Å²) in [6, 6.07) is 8.05. The number of aromatic nitrogens is 2. The fourth-order valence-electron chi connectivity index (χ4n) is 3.08. The lowest BCUT2D eigenvalue weighted by Crippen LogP contribution is -2.47. The fourth-order valence-corrected chi connectivity index (χ4v) is 3.08. The Morgan fingerprint density at radius 1 is 1.20 bits per heavy atom. The van der Waals surface area contributed by atoms with Gasteiger partial charge in [0.15, 0.2) is 0 Å². The van der Waals surface area contributed by atoms with Gasteiger partial charge in [-0.3, -0.25) is 4.79 Å². The first-order chi connectivity index (χ1) is 12.2. The van der Waals surface area contributed by atoms with Crippen LogP contribution in [0.5, 0.6) is 5.75 Å². The van der Waals surface area contributed by atoms with E-state index in [1.165, 1.54) is 6.33 Å². The summed E-state index contributed by atoms with van der Waals surface area (Å²) < 4.78 is 5.72. The molecule has 3 rings (SSSR count). The summed E-state index contributed by atoms with van der Waals surface area (Å²) in [5, 5.41) is 9.07. The van der Waals surface area contributed by atoms with E-state index in [2.05, 4.69) is 25.8 Å². The van der Waals surface area contributed by atoms with Gasteiger partial charge in [0.25, 0.3) is 0 Å². The molecule has 0 spiro atoms. The van der Waals surface area contributed by atoms with Crippen molar-refractivity contribution in [3.63, 3.8) is 0 Å². The SMILES string of the molecule is CCOc1ccccc1N1CCN(c2ncncc2CC(=O)O)CC1. The summed E-state index contributed by atoms with van der Waals surface area (Å²) in [5.74, 6) is 0.738. The average molecular weight is 342 g/mol. The second-order valence-electron chi connectivity index (χ2n) is 5.82. The molecule has 7 nitrogen and oxygen atoms in total. The van der Waals surface area contributed by atoms with Gasteiger partial charge in [-0.05, 0) is 19.1 Å². The van der Waals surface area contributed by atoms with E-state index in [-0.39, 0.29) is 6.42 Å². The van der Waals surface area contributed by atoms with Gasteiger partial charge in [-0.15, -0.1) is 0 Å². The van der Waals surface area contributed by atoms with Crippen molar-refractivity contribution in [1.29, 1.82) is 0 Å². The highest BCUT2D eigenvalue weighted by Gasteiger charge is 2.22. The number of benzene rings is 1. The monoisotopic (exact) mass is 342 g/mol. The molecule has 1 aliphatic heterocycles. The second kappa shape index (κ2) is 7.83. The van der Waals surface area contributed by atoms with Crippen molar-refractivity contribution in [3.8, 4) is 5.75 Å². The van der Waals surface area contributed by atoms with Gasteiger partial charge in [-0.25, -0.2) is 9.97 Å². The van der Waals surface area contributed by atoms with Crippen LogP contribution < -0.4 is 14.5 Å². The molecule has 0 amide bonds. The number of carboxylic acid groups (broad SMARTS) is 1. The molecule has 1 aliphatic rings. The van der Waals surface area contributed by atoms with E-state index in [9.17, 15) is 4.79 Å². The summed E-state index contributed by atoms with van der Waals surface area (Å²) in [6.45, 7) is 5.79. The number of para-hydroxylation sites is 2. The lowest BCUT2D eigenvalue weighted by molar-refractivity contribution is -0.136. The minimum absolute atomic E-state index is 0.0659. The van der Waals surface area contributed by atoms with E-state index >= 15 is 0 Å². The molecule has 132 valence electrons. The molecule has 0 radical (unpaired) electrons. The number of anilines is 2. The molecule has 1 aromatic heterocycles. The Morgan fingerprint density at radius 3 is 2.64 bits per heavy atom. The van der Waals surface area contributed by atoms with E-state index in [1.807, 2.05) is 25.1 Å². The van der Waals surface area contributed by atoms with Crippen molar-refractivity contribution >= 4 is 17.5 Å². The fraction of sp³-hybridized carbons (Fsp3) is 0.389. The van der Waals surface area contributed by atoms with Gasteiger partial charge in [0, 0.05) is 37.9 Å². The van der Waals surface area contributed by atoms with E-state index in [0.717, 1.165) is 43.4 Å². The smallest absolute Gasteiger partial charge is 0.308 e.